The number of halogens is 1. The van der Waals surface area contributed by atoms with E-state index < -0.39 is 28.8 Å². The number of amides is 1. The predicted molar refractivity (Wildman–Crippen MR) is 70.3 cm³/mol. The van der Waals surface area contributed by atoms with Crippen molar-refractivity contribution in [1.82, 2.24) is 0 Å². The summed E-state index contributed by atoms with van der Waals surface area (Å²) in [6.45, 7) is 5.88. The summed E-state index contributed by atoms with van der Waals surface area (Å²) in [5.41, 5.74) is -2.60. The van der Waals surface area contributed by atoms with Crippen molar-refractivity contribution in [3.05, 3.63) is 24.0 Å². The average molecular weight is 281 g/mol. The molecule has 0 spiro atoms. The van der Waals surface area contributed by atoms with Crippen molar-refractivity contribution in [2.75, 3.05) is 4.90 Å². The van der Waals surface area contributed by atoms with Gasteiger partial charge in [0.2, 0.25) is 0 Å². The highest BCUT2D eigenvalue weighted by Gasteiger charge is 2.49. The molecule has 0 radical (unpaired) electrons. The van der Waals surface area contributed by atoms with Gasteiger partial charge in [0.25, 0.3) is 5.91 Å². The van der Waals surface area contributed by atoms with Gasteiger partial charge in [-0.2, -0.15) is 0 Å². The summed E-state index contributed by atoms with van der Waals surface area (Å²) < 4.78 is 19.0. The number of carboxylic acid groups (broad SMARTS) is 1. The normalized spacial score (nSPS) is 17.4. The van der Waals surface area contributed by atoms with Gasteiger partial charge in [0, 0.05) is 6.07 Å². The van der Waals surface area contributed by atoms with Gasteiger partial charge in [-0.25, -0.2) is 9.18 Å². The Hall–Kier alpha value is -2.11. The number of carboxylic acids is 1. The summed E-state index contributed by atoms with van der Waals surface area (Å²) >= 11 is 0. The van der Waals surface area contributed by atoms with Crippen LogP contribution in [-0.4, -0.2) is 28.1 Å². The van der Waals surface area contributed by atoms with Crippen LogP contribution < -0.4 is 9.64 Å². The van der Waals surface area contributed by atoms with Gasteiger partial charge in [0.1, 0.15) is 17.1 Å². The maximum Gasteiger partial charge on any atom is 0.329 e. The zero-order valence-electron chi connectivity index (χ0n) is 11.7. The Morgan fingerprint density at radius 2 is 2.00 bits per heavy atom. The molecule has 5 nitrogen and oxygen atoms in total. The number of anilines is 1. The summed E-state index contributed by atoms with van der Waals surface area (Å²) in [5, 5.41) is 9.35. The molecule has 1 aliphatic rings. The van der Waals surface area contributed by atoms with Crippen molar-refractivity contribution >= 4 is 17.6 Å². The van der Waals surface area contributed by atoms with Gasteiger partial charge in [-0.05, 0) is 39.8 Å². The van der Waals surface area contributed by atoms with Crippen molar-refractivity contribution in [3.8, 4) is 5.75 Å². The van der Waals surface area contributed by atoms with E-state index in [1.807, 2.05) is 0 Å². The lowest BCUT2D eigenvalue weighted by atomic mass is 9.95. The van der Waals surface area contributed by atoms with Crippen LogP contribution in [0.1, 0.15) is 27.7 Å². The van der Waals surface area contributed by atoms with Gasteiger partial charge in [-0.3, -0.25) is 9.69 Å². The van der Waals surface area contributed by atoms with Gasteiger partial charge in [0.15, 0.2) is 5.60 Å². The van der Waals surface area contributed by atoms with E-state index >= 15 is 0 Å². The molecule has 2 rings (SSSR count). The van der Waals surface area contributed by atoms with Crippen molar-refractivity contribution in [2.45, 2.75) is 38.8 Å². The molecule has 1 aromatic rings. The van der Waals surface area contributed by atoms with Gasteiger partial charge >= 0.3 is 5.97 Å². The second-order valence-electron chi connectivity index (χ2n) is 5.73. The lowest BCUT2D eigenvalue weighted by Crippen LogP contribution is -2.62. The smallest absolute Gasteiger partial charge is 0.329 e. The topological polar surface area (TPSA) is 66.8 Å². The number of carbonyl (C=O) groups is 2. The molecule has 1 amide bonds. The molecule has 1 aliphatic heterocycles. The lowest BCUT2D eigenvalue weighted by molar-refractivity contribution is -0.146. The number of aliphatic carboxylic acids is 1. The standard InChI is InChI=1S/C14H16FNO4/c1-13(2,12(18)19)16-9-7-8(15)5-6-10(9)20-14(3,4)11(16)17/h5-7H,1-4H3,(H,18,19). The third-order valence-electron chi connectivity index (χ3n) is 3.33. The van der Waals surface area contributed by atoms with E-state index in [4.69, 9.17) is 4.74 Å². The molecule has 0 atom stereocenters. The fourth-order valence-electron chi connectivity index (χ4n) is 2.10. The van der Waals surface area contributed by atoms with E-state index in [1.165, 1.54) is 26.0 Å². The minimum atomic E-state index is -1.51. The van der Waals surface area contributed by atoms with Crippen LogP contribution in [0.4, 0.5) is 10.1 Å². The number of ether oxygens (including phenoxy) is 1. The Morgan fingerprint density at radius 1 is 1.40 bits per heavy atom. The first-order chi connectivity index (χ1) is 9.07. The first kappa shape index (κ1) is 14.3. The van der Waals surface area contributed by atoms with Crippen LogP contribution in [0.25, 0.3) is 0 Å². The van der Waals surface area contributed by atoms with E-state index in [1.54, 1.807) is 13.8 Å². The van der Waals surface area contributed by atoms with E-state index in [2.05, 4.69) is 0 Å². The summed E-state index contributed by atoms with van der Waals surface area (Å²) in [6.07, 6.45) is 0. The minimum absolute atomic E-state index is 0.127. The summed E-state index contributed by atoms with van der Waals surface area (Å²) in [6, 6.07) is 3.70. The molecule has 1 heterocycles. The van der Waals surface area contributed by atoms with E-state index in [0.717, 1.165) is 11.0 Å². The summed E-state index contributed by atoms with van der Waals surface area (Å²) in [5.74, 6) is -1.99. The summed E-state index contributed by atoms with van der Waals surface area (Å²) in [7, 11) is 0. The minimum Gasteiger partial charge on any atom is -0.480 e. The molecule has 0 aromatic heterocycles. The number of benzene rings is 1. The molecule has 0 bridgehead atoms. The molecule has 0 fully saturated rings. The fraction of sp³-hybridized carbons (Fsp3) is 0.429. The zero-order chi connectivity index (χ0) is 15.3. The van der Waals surface area contributed by atoms with Gasteiger partial charge in [0.05, 0.1) is 5.69 Å². The van der Waals surface area contributed by atoms with Crippen LogP contribution in [-0.2, 0) is 9.59 Å². The van der Waals surface area contributed by atoms with Crippen LogP contribution in [0.5, 0.6) is 5.75 Å². The molecular weight excluding hydrogens is 265 g/mol. The number of hydrogen-bond acceptors (Lipinski definition) is 3. The zero-order valence-corrected chi connectivity index (χ0v) is 11.7. The van der Waals surface area contributed by atoms with Gasteiger partial charge in [-0.1, -0.05) is 0 Å². The van der Waals surface area contributed by atoms with E-state index in [0.29, 0.717) is 0 Å². The molecule has 0 saturated carbocycles. The third kappa shape index (κ3) is 2.01. The molecule has 20 heavy (non-hydrogen) atoms. The molecule has 6 heteroatoms. The highest BCUT2D eigenvalue weighted by molar-refractivity contribution is 6.07. The van der Waals surface area contributed by atoms with Crippen LogP contribution in [0.2, 0.25) is 0 Å². The quantitative estimate of drug-likeness (QED) is 0.902. The molecule has 0 saturated heterocycles. The highest BCUT2D eigenvalue weighted by Crippen LogP contribution is 2.41. The molecule has 0 unspecified atom stereocenters. The fourth-order valence-corrected chi connectivity index (χ4v) is 2.10. The average Bonchev–Trinajstić information content (AvgIpc) is 2.30. The van der Waals surface area contributed by atoms with Gasteiger partial charge < -0.3 is 9.84 Å². The number of nitrogens with zero attached hydrogens (tertiary/aromatic N) is 1. The highest BCUT2D eigenvalue weighted by atomic mass is 19.1. The number of fused-ring (bicyclic) bond motifs is 1. The Morgan fingerprint density at radius 3 is 2.55 bits per heavy atom. The first-order valence-corrected chi connectivity index (χ1v) is 6.14. The number of hydrogen-bond donors (Lipinski definition) is 1. The van der Waals surface area contributed by atoms with E-state index in [9.17, 15) is 19.1 Å². The summed E-state index contributed by atoms with van der Waals surface area (Å²) in [4.78, 5) is 25.0. The SMILES string of the molecule is CC1(C)Oc2ccc(F)cc2N(C(C)(C)C(=O)O)C1=O. The van der Waals surface area contributed by atoms with Crippen LogP contribution in [0.15, 0.2) is 18.2 Å². The lowest BCUT2D eigenvalue weighted by Gasteiger charge is -2.44. The Balaban J connectivity index is 2.69. The second-order valence-corrected chi connectivity index (χ2v) is 5.73. The van der Waals surface area contributed by atoms with Gasteiger partial charge in [-0.15, -0.1) is 0 Å². The van der Waals surface area contributed by atoms with Crippen molar-refractivity contribution in [1.29, 1.82) is 0 Å². The van der Waals surface area contributed by atoms with Crippen molar-refractivity contribution < 1.29 is 23.8 Å². The van der Waals surface area contributed by atoms with Crippen molar-refractivity contribution in [2.24, 2.45) is 0 Å². The molecule has 1 aromatic carbocycles. The molecule has 108 valence electrons. The third-order valence-corrected chi connectivity index (χ3v) is 3.33. The van der Waals surface area contributed by atoms with E-state index in [-0.39, 0.29) is 11.4 Å². The monoisotopic (exact) mass is 281 g/mol. The van der Waals surface area contributed by atoms with Crippen LogP contribution in [0, 0.1) is 5.82 Å². The maximum atomic E-state index is 13.4. The molecule has 0 aliphatic carbocycles. The molecular formula is C14H16FNO4. The van der Waals surface area contributed by atoms with Crippen molar-refractivity contribution in [3.63, 3.8) is 0 Å². The first-order valence-electron chi connectivity index (χ1n) is 6.14. The Labute approximate surface area is 116 Å². The number of carbonyl (C=O) groups excluding carboxylic acids is 1. The van der Waals surface area contributed by atoms with Crippen LogP contribution >= 0.6 is 0 Å². The maximum absolute atomic E-state index is 13.4. The Bertz CT molecular complexity index is 595. The molecule has 1 N–H and O–H groups in total. The number of rotatable bonds is 2. The Kier molecular flexibility index (Phi) is 3.00. The predicted octanol–water partition coefficient (Wildman–Crippen LogP) is 2.19. The van der Waals surface area contributed by atoms with Crippen LogP contribution in [0.3, 0.4) is 0 Å². The second kappa shape index (κ2) is 4.19. The largest absolute Gasteiger partial charge is 0.480 e.